The van der Waals surface area contributed by atoms with Gasteiger partial charge < -0.3 is 14.8 Å². The Hall–Kier alpha value is -3.41. The van der Waals surface area contributed by atoms with Gasteiger partial charge in [-0.25, -0.2) is 0 Å². The Labute approximate surface area is 195 Å². The molecule has 0 spiro atoms. The van der Waals surface area contributed by atoms with Crippen LogP contribution in [0.2, 0.25) is 0 Å². The van der Waals surface area contributed by atoms with E-state index in [0.29, 0.717) is 23.2 Å². The fourth-order valence-corrected chi connectivity index (χ4v) is 5.11. The zero-order valence-electron chi connectivity index (χ0n) is 20.5. The van der Waals surface area contributed by atoms with Gasteiger partial charge in [0.05, 0.1) is 5.52 Å². The van der Waals surface area contributed by atoms with Crippen molar-refractivity contribution in [3.05, 3.63) is 69.4 Å². The summed E-state index contributed by atoms with van der Waals surface area (Å²) in [7, 11) is 3.76. The maximum Gasteiger partial charge on any atom is 0.271 e. The molecular weight excluding hydrogens is 412 g/mol. The van der Waals surface area contributed by atoms with Gasteiger partial charge in [-0.1, -0.05) is 13.0 Å². The van der Waals surface area contributed by atoms with Gasteiger partial charge in [0.15, 0.2) is 0 Å². The third kappa shape index (κ3) is 3.84. The van der Waals surface area contributed by atoms with E-state index in [-0.39, 0.29) is 11.5 Å². The second kappa shape index (κ2) is 8.50. The Morgan fingerprint density at radius 2 is 1.82 bits per heavy atom. The number of hydrogen-bond donors (Lipinski definition) is 1. The molecule has 2 aromatic heterocycles. The number of benzene rings is 1. The van der Waals surface area contributed by atoms with Gasteiger partial charge in [-0.2, -0.15) is 0 Å². The molecule has 0 fully saturated rings. The van der Waals surface area contributed by atoms with E-state index in [1.54, 1.807) is 17.8 Å². The molecule has 6 heteroatoms. The molecule has 1 aliphatic rings. The van der Waals surface area contributed by atoms with Gasteiger partial charge in [-0.15, -0.1) is 0 Å². The Morgan fingerprint density at radius 3 is 2.48 bits per heavy atom. The minimum Gasteiger partial charge on any atom is -0.367 e. The van der Waals surface area contributed by atoms with Crippen molar-refractivity contribution in [1.82, 2.24) is 14.5 Å². The lowest BCUT2D eigenvalue weighted by Gasteiger charge is -2.24. The highest BCUT2D eigenvalue weighted by Gasteiger charge is 2.35. The molecule has 172 valence electrons. The lowest BCUT2D eigenvalue weighted by atomic mass is 9.93. The molecule has 4 rings (SSSR count). The standard InChI is InChI=1S/C27H32N4O2/c1-8-21-17(4)25(30(6)18(21)5)26(32)29-20-10-9-15(2)22(13-20)23-12-19-14-28-16(3)11-24(19)31(7)27(23)33/h9-14,18,21H,8H2,1-7H3,(H,29,32). The van der Waals surface area contributed by atoms with Crippen molar-refractivity contribution in [3.63, 3.8) is 0 Å². The summed E-state index contributed by atoms with van der Waals surface area (Å²) in [5.41, 5.74) is 6.55. The number of rotatable bonds is 4. The smallest absolute Gasteiger partial charge is 0.271 e. The molecule has 33 heavy (non-hydrogen) atoms. The average Bonchev–Trinajstić information content (AvgIpc) is 3.00. The molecule has 3 aromatic rings. The SMILES string of the molecule is CCC1C(C)=C(C(=O)Nc2ccc(C)c(-c3cc4cnc(C)cc4n(C)c3=O)c2)N(C)C1C. The molecule has 2 atom stereocenters. The highest BCUT2D eigenvalue weighted by molar-refractivity contribution is 6.04. The molecule has 1 aliphatic heterocycles. The molecule has 1 aromatic carbocycles. The number of fused-ring (bicyclic) bond motifs is 1. The number of anilines is 1. The number of likely N-dealkylation sites (N-methyl/N-ethyl adjacent to an activating group) is 1. The van der Waals surface area contributed by atoms with Crippen LogP contribution in [0.15, 0.2) is 52.6 Å². The third-order valence-corrected chi connectivity index (χ3v) is 7.16. The van der Waals surface area contributed by atoms with Gasteiger partial charge in [0, 0.05) is 54.6 Å². The van der Waals surface area contributed by atoms with Gasteiger partial charge in [0.2, 0.25) is 0 Å². The van der Waals surface area contributed by atoms with Gasteiger partial charge >= 0.3 is 0 Å². The summed E-state index contributed by atoms with van der Waals surface area (Å²) in [5.74, 6) is 0.265. The second-order valence-electron chi connectivity index (χ2n) is 9.19. The van der Waals surface area contributed by atoms with Gasteiger partial charge in [-0.05, 0) is 75.1 Å². The minimum atomic E-state index is -0.112. The van der Waals surface area contributed by atoms with Crippen LogP contribution in [0.25, 0.3) is 22.0 Å². The van der Waals surface area contributed by atoms with Gasteiger partial charge in [0.25, 0.3) is 11.5 Å². The Morgan fingerprint density at radius 1 is 1.09 bits per heavy atom. The first-order chi connectivity index (χ1) is 15.6. The molecule has 2 unspecified atom stereocenters. The Balaban J connectivity index is 1.74. The van der Waals surface area contributed by atoms with Crippen LogP contribution in [0.5, 0.6) is 0 Å². The first kappa shape index (κ1) is 22.8. The quantitative estimate of drug-likeness (QED) is 0.628. The van der Waals surface area contributed by atoms with Crippen LogP contribution in [0.3, 0.4) is 0 Å². The molecule has 1 amide bonds. The lowest BCUT2D eigenvalue weighted by Crippen LogP contribution is -2.31. The van der Waals surface area contributed by atoms with Crippen molar-refractivity contribution >= 4 is 22.5 Å². The number of pyridine rings is 2. The fourth-order valence-electron chi connectivity index (χ4n) is 5.11. The molecule has 0 saturated carbocycles. The number of aromatic nitrogens is 2. The van der Waals surface area contributed by atoms with E-state index in [4.69, 9.17) is 0 Å². The molecule has 3 heterocycles. The summed E-state index contributed by atoms with van der Waals surface area (Å²) in [6.07, 6.45) is 2.80. The largest absolute Gasteiger partial charge is 0.367 e. The highest BCUT2D eigenvalue weighted by Crippen LogP contribution is 2.35. The molecule has 0 saturated heterocycles. The zero-order valence-corrected chi connectivity index (χ0v) is 20.5. The first-order valence-corrected chi connectivity index (χ1v) is 11.5. The predicted molar refractivity (Wildman–Crippen MR) is 134 cm³/mol. The average molecular weight is 445 g/mol. The maximum atomic E-state index is 13.2. The van der Waals surface area contributed by atoms with Crippen molar-refractivity contribution in [2.75, 3.05) is 12.4 Å². The topological polar surface area (TPSA) is 67.2 Å². The second-order valence-corrected chi connectivity index (χ2v) is 9.19. The van der Waals surface area contributed by atoms with Crippen molar-refractivity contribution in [1.29, 1.82) is 0 Å². The summed E-state index contributed by atoms with van der Waals surface area (Å²) in [4.78, 5) is 32.9. The number of carbonyl (C=O) groups excluding carboxylic acids is 1. The number of amides is 1. The number of nitrogens with one attached hydrogen (secondary N) is 1. The summed E-state index contributed by atoms with van der Waals surface area (Å²) in [5, 5.41) is 3.97. The van der Waals surface area contributed by atoms with E-state index in [1.165, 1.54) is 0 Å². The zero-order chi connectivity index (χ0) is 24.0. The van der Waals surface area contributed by atoms with E-state index in [2.05, 4.69) is 36.0 Å². The summed E-state index contributed by atoms with van der Waals surface area (Å²) >= 11 is 0. The van der Waals surface area contributed by atoms with Crippen LogP contribution in [-0.2, 0) is 11.8 Å². The summed E-state index contributed by atoms with van der Waals surface area (Å²) in [6, 6.07) is 9.83. The van der Waals surface area contributed by atoms with Gasteiger partial charge in [-0.3, -0.25) is 14.6 Å². The Kier molecular flexibility index (Phi) is 5.87. The molecule has 1 N–H and O–H groups in total. The summed E-state index contributed by atoms with van der Waals surface area (Å²) in [6.45, 7) is 10.3. The fraction of sp³-hybridized carbons (Fsp3) is 0.370. The third-order valence-electron chi connectivity index (χ3n) is 7.16. The van der Waals surface area contributed by atoms with E-state index in [1.807, 2.05) is 51.2 Å². The monoisotopic (exact) mass is 444 g/mol. The normalized spacial score (nSPS) is 18.3. The van der Waals surface area contributed by atoms with Crippen LogP contribution >= 0.6 is 0 Å². The number of nitrogens with zero attached hydrogens (tertiary/aromatic N) is 3. The number of aryl methyl sites for hydroxylation is 3. The van der Waals surface area contributed by atoms with E-state index in [9.17, 15) is 9.59 Å². The highest BCUT2D eigenvalue weighted by atomic mass is 16.2. The van der Waals surface area contributed by atoms with Crippen molar-refractivity contribution in [2.45, 2.75) is 47.1 Å². The van der Waals surface area contributed by atoms with Crippen molar-refractivity contribution < 1.29 is 4.79 Å². The molecule has 6 nitrogen and oxygen atoms in total. The molecular formula is C27H32N4O2. The number of hydrogen-bond acceptors (Lipinski definition) is 4. The van der Waals surface area contributed by atoms with Crippen LogP contribution in [0.1, 0.15) is 38.4 Å². The van der Waals surface area contributed by atoms with E-state index in [0.717, 1.165) is 45.4 Å². The van der Waals surface area contributed by atoms with E-state index < -0.39 is 0 Å². The van der Waals surface area contributed by atoms with Crippen molar-refractivity contribution in [3.8, 4) is 11.1 Å². The summed E-state index contributed by atoms with van der Waals surface area (Å²) < 4.78 is 1.66. The lowest BCUT2D eigenvalue weighted by molar-refractivity contribution is -0.114. The maximum absolute atomic E-state index is 13.2. The van der Waals surface area contributed by atoms with Crippen LogP contribution in [0.4, 0.5) is 5.69 Å². The Bertz CT molecular complexity index is 1350. The molecule has 0 bridgehead atoms. The first-order valence-electron chi connectivity index (χ1n) is 11.5. The molecule has 0 aliphatic carbocycles. The van der Waals surface area contributed by atoms with Crippen LogP contribution in [-0.4, -0.2) is 33.4 Å². The molecule has 0 radical (unpaired) electrons. The van der Waals surface area contributed by atoms with Crippen LogP contribution < -0.4 is 10.9 Å². The minimum absolute atomic E-state index is 0.0756. The van der Waals surface area contributed by atoms with Gasteiger partial charge in [0.1, 0.15) is 5.70 Å². The predicted octanol–water partition coefficient (Wildman–Crippen LogP) is 4.79. The van der Waals surface area contributed by atoms with E-state index >= 15 is 0 Å². The van der Waals surface area contributed by atoms with Crippen molar-refractivity contribution in [2.24, 2.45) is 13.0 Å². The van der Waals surface area contributed by atoms with Crippen LogP contribution in [0, 0.1) is 19.8 Å². The number of carbonyl (C=O) groups is 1.